The summed E-state index contributed by atoms with van der Waals surface area (Å²) in [5, 5.41) is 10.1. The van der Waals surface area contributed by atoms with Gasteiger partial charge >= 0.3 is 5.97 Å². The van der Waals surface area contributed by atoms with Crippen LogP contribution in [0.5, 0.6) is 5.75 Å². The topological polar surface area (TPSA) is 72.1 Å². The Morgan fingerprint density at radius 1 is 1.33 bits per heavy atom. The minimum atomic E-state index is -0.633. The Morgan fingerprint density at radius 3 is 2.71 bits per heavy atom. The summed E-state index contributed by atoms with van der Waals surface area (Å²) in [6.07, 6.45) is -0.633. The summed E-state index contributed by atoms with van der Waals surface area (Å²) in [6.45, 7) is 2.82. The normalized spacial score (nSPS) is 12.2. The Morgan fingerprint density at radius 2 is 2.04 bits per heavy atom. The van der Waals surface area contributed by atoms with Crippen molar-refractivity contribution in [2.24, 2.45) is 0 Å². The fraction of sp³-hybridized carbons (Fsp3) is 0.389. The van der Waals surface area contributed by atoms with E-state index in [4.69, 9.17) is 13.9 Å². The minimum Gasteiger partial charge on any atom is -0.491 e. The summed E-state index contributed by atoms with van der Waals surface area (Å²) < 4.78 is 15.8. The third-order valence-corrected chi connectivity index (χ3v) is 3.51. The SMILES string of the molecule is COC(=O)c1cc(CN(C)CC(O)COc2ccccc2)oc1C. The van der Waals surface area contributed by atoms with E-state index in [-0.39, 0.29) is 6.61 Å². The number of carbonyl (C=O) groups excluding carboxylic acids is 1. The van der Waals surface area contributed by atoms with Gasteiger partial charge < -0.3 is 19.0 Å². The number of hydrogen-bond donors (Lipinski definition) is 1. The van der Waals surface area contributed by atoms with Gasteiger partial charge in [-0.2, -0.15) is 0 Å². The third kappa shape index (κ3) is 5.11. The molecule has 6 heteroatoms. The first-order valence-corrected chi connectivity index (χ1v) is 7.71. The molecule has 0 fully saturated rings. The van der Waals surface area contributed by atoms with E-state index in [1.807, 2.05) is 42.3 Å². The van der Waals surface area contributed by atoms with Crippen LogP contribution >= 0.6 is 0 Å². The maximum atomic E-state index is 11.6. The van der Waals surface area contributed by atoms with Crippen molar-refractivity contribution in [2.45, 2.75) is 19.6 Å². The molecular formula is C18H23NO5. The Hall–Kier alpha value is -2.31. The van der Waals surface area contributed by atoms with Crippen LogP contribution in [-0.4, -0.2) is 49.4 Å². The monoisotopic (exact) mass is 333 g/mol. The zero-order chi connectivity index (χ0) is 17.5. The van der Waals surface area contributed by atoms with Crippen molar-refractivity contribution in [2.75, 3.05) is 27.3 Å². The number of benzene rings is 1. The Kier molecular flexibility index (Phi) is 6.40. The van der Waals surface area contributed by atoms with Gasteiger partial charge in [0.1, 0.15) is 35.5 Å². The smallest absolute Gasteiger partial charge is 0.341 e. The quantitative estimate of drug-likeness (QED) is 0.747. The number of esters is 1. The van der Waals surface area contributed by atoms with Crippen LogP contribution < -0.4 is 4.74 Å². The van der Waals surface area contributed by atoms with Crippen LogP contribution in [-0.2, 0) is 11.3 Å². The predicted octanol–water partition coefficient (Wildman–Crippen LogP) is 2.25. The molecule has 1 heterocycles. The number of nitrogens with zero attached hydrogens (tertiary/aromatic N) is 1. The van der Waals surface area contributed by atoms with Crippen molar-refractivity contribution in [3.63, 3.8) is 0 Å². The first-order valence-electron chi connectivity index (χ1n) is 7.71. The van der Waals surface area contributed by atoms with Crippen molar-refractivity contribution >= 4 is 5.97 Å². The molecule has 1 aromatic carbocycles. The van der Waals surface area contributed by atoms with E-state index >= 15 is 0 Å². The van der Waals surface area contributed by atoms with Crippen molar-refractivity contribution in [1.82, 2.24) is 4.90 Å². The maximum absolute atomic E-state index is 11.6. The molecule has 1 aromatic heterocycles. The number of likely N-dealkylation sites (N-methyl/N-ethyl adjacent to an activating group) is 1. The van der Waals surface area contributed by atoms with E-state index in [1.54, 1.807) is 13.0 Å². The van der Waals surface area contributed by atoms with Gasteiger partial charge in [-0.05, 0) is 32.2 Å². The standard InChI is InChI=1S/C18H23NO5/c1-13-17(18(21)22-3)9-16(24-13)11-19(2)10-14(20)12-23-15-7-5-4-6-8-15/h4-9,14,20H,10-12H2,1-3H3. The molecule has 0 aliphatic heterocycles. The van der Waals surface area contributed by atoms with Gasteiger partial charge in [-0.3, -0.25) is 4.90 Å². The molecule has 0 radical (unpaired) electrons. The Bertz CT molecular complexity index is 653. The molecule has 1 N–H and O–H groups in total. The van der Waals surface area contributed by atoms with Gasteiger partial charge in [0.15, 0.2) is 0 Å². The number of aliphatic hydroxyl groups excluding tert-OH is 1. The lowest BCUT2D eigenvalue weighted by molar-refractivity contribution is 0.0598. The number of rotatable bonds is 8. The molecule has 24 heavy (non-hydrogen) atoms. The third-order valence-electron chi connectivity index (χ3n) is 3.51. The number of aryl methyl sites for hydroxylation is 1. The molecule has 0 aliphatic rings. The summed E-state index contributed by atoms with van der Waals surface area (Å²) in [6, 6.07) is 11.0. The molecular weight excluding hydrogens is 310 g/mol. The highest BCUT2D eigenvalue weighted by molar-refractivity contribution is 5.90. The highest BCUT2D eigenvalue weighted by atomic mass is 16.5. The Balaban J connectivity index is 1.82. The number of para-hydroxylation sites is 1. The first-order chi connectivity index (χ1) is 11.5. The van der Waals surface area contributed by atoms with Gasteiger partial charge in [-0.15, -0.1) is 0 Å². The molecule has 0 bridgehead atoms. The second kappa shape index (κ2) is 8.52. The van der Waals surface area contributed by atoms with E-state index in [2.05, 4.69) is 0 Å². The van der Waals surface area contributed by atoms with E-state index in [0.717, 1.165) is 5.75 Å². The predicted molar refractivity (Wildman–Crippen MR) is 89.1 cm³/mol. The zero-order valence-corrected chi connectivity index (χ0v) is 14.2. The van der Waals surface area contributed by atoms with Crippen molar-refractivity contribution in [3.05, 3.63) is 53.5 Å². The summed E-state index contributed by atoms with van der Waals surface area (Å²) >= 11 is 0. The van der Waals surface area contributed by atoms with Gasteiger partial charge in [0.25, 0.3) is 0 Å². The van der Waals surface area contributed by atoms with Gasteiger partial charge in [0.2, 0.25) is 0 Å². The van der Waals surface area contributed by atoms with Gasteiger partial charge in [0.05, 0.1) is 13.7 Å². The van der Waals surface area contributed by atoms with Crippen molar-refractivity contribution < 1.29 is 23.8 Å². The number of aliphatic hydroxyl groups is 1. The summed E-state index contributed by atoms with van der Waals surface area (Å²) in [4.78, 5) is 13.5. The number of furan rings is 1. The number of methoxy groups -OCH3 is 1. The molecule has 2 aromatic rings. The second-order valence-electron chi connectivity index (χ2n) is 5.65. The number of ether oxygens (including phenoxy) is 2. The lowest BCUT2D eigenvalue weighted by atomic mass is 10.2. The maximum Gasteiger partial charge on any atom is 0.341 e. The fourth-order valence-electron chi connectivity index (χ4n) is 2.39. The first kappa shape index (κ1) is 18.0. The molecule has 6 nitrogen and oxygen atoms in total. The fourth-order valence-corrected chi connectivity index (χ4v) is 2.39. The zero-order valence-electron chi connectivity index (χ0n) is 14.2. The average molecular weight is 333 g/mol. The van der Waals surface area contributed by atoms with Gasteiger partial charge in [0, 0.05) is 6.54 Å². The molecule has 2 rings (SSSR count). The van der Waals surface area contributed by atoms with Crippen LogP contribution in [0.25, 0.3) is 0 Å². The molecule has 0 saturated heterocycles. The van der Waals surface area contributed by atoms with Crippen LogP contribution in [0, 0.1) is 6.92 Å². The largest absolute Gasteiger partial charge is 0.491 e. The van der Waals surface area contributed by atoms with Gasteiger partial charge in [-0.25, -0.2) is 4.79 Å². The molecule has 0 spiro atoms. The second-order valence-corrected chi connectivity index (χ2v) is 5.65. The molecule has 0 saturated carbocycles. The molecule has 0 aliphatic carbocycles. The molecule has 1 atom stereocenters. The van der Waals surface area contributed by atoms with E-state index in [1.165, 1.54) is 7.11 Å². The van der Waals surface area contributed by atoms with Crippen LogP contribution in [0.1, 0.15) is 21.9 Å². The van der Waals surface area contributed by atoms with Gasteiger partial charge in [-0.1, -0.05) is 18.2 Å². The molecule has 1 unspecified atom stereocenters. The lowest BCUT2D eigenvalue weighted by Crippen LogP contribution is -2.32. The Labute approximate surface area is 141 Å². The van der Waals surface area contributed by atoms with Crippen LogP contribution in [0.15, 0.2) is 40.8 Å². The number of hydrogen-bond acceptors (Lipinski definition) is 6. The minimum absolute atomic E-state index is 0.207. The van der Waals surface area contributed by atoms with Crippen LogP contribution in [0.4, 0.5) is 0 Å². The van der Waals surface area contributed by atoms with Crippen molar-refractivity contribution in [1.29, 1.82) is 0 Å². The number of carbonyl (C=O) groups is 1. The molecule has 130 valence electrons. The van der Waals surface area contributed by atoms with Crippen LogP contribution in [0.2, 0.25) is 0 Å². The van der Waals surface area contributed by atoms with E-state index in [9.17, 15) is 9.90 Å². The lowest BCUT2D eigenvalue weighted by Gasteiger charge is -2.19. The highest BCUT2D eigenvalue weighted by Crippen LogP contribution is 2.17. The van der Waals surface area contributed by atoms with E-state index < -0.39 is 12.1 Å². The average Bonchev–Trinajstić information content (AvgIpc) is 2.93. The van der Waals surface area contributed by atoms with Crippen molar-refractivity contribution in [3.8, 4) is 5.75 Å². The molecule has 0 amide bonds. The van der Waals surface area contributed by atoms with E-state index in [0.29, 0.717) is 30.2 Å². The van der Waals surface area contributed by atoms with Crippen LogP contribution in [0.3, 0.4) is 0 Å². The summed E-state index contributed by atoms with van der Waals surface area (Å²) in [7, 11) is 3.20. The summed E-state index contributed by atoms with van der Waals surface area (Å²) in [5.41, 5.74) is 0.425. The highest BCUT2D eigenvalue weighted by Gasteiger charge is 2.17. The summed E-state index contributed by atoms with van der Waals surface area (Å²) in [5.74, 6) is 1.48.